The van der Waals surface area contributed by atoms with E-state index in [0.29, 0.717) is 24.8 Å². The molecule has 0 saturated carbocycles. The van der Waals surface area contributed by atoms with E-state index in [-0.39, 0.29) is 11.7 Å². The Morgan fingerprint density at radius 2 is 1.64 bits per heavy atom. The molecule has 0 heterocycles. The van der Waals surface area contributed by atoms with Gasteiger partial charge in [-0.1, -0.05) is 54.5 Å². The number of hydrogen-bond acceptors (Lipinski definition) is 3. The summed E-state index contributed by atoms with van der Waals surface area (Å²) in [5, 5.41) is 0. The molecule has 0 saturated heterocycles. The van der Waals surface area contributed by atoms with E-state index < -0.39 is 12.1 Å². The van der Waals surface area contributed by atoms with Crippen LogP contribution in [0.3, 0.4) is 0 Å². The quantitative estimate of drug-likeness (QED) is 0.540. The molecule has 0 N–H and O–H groups in total. The standard InChI is InChI=1S/C22H22O3/c1-3-21(25-22(24)19-12-8-5-9-13-19)20(15-14-17(2)23)16-18-10-6-4-7-11-18/h1,4-13,20-21H,14-16H2,2H3. The topological polar surface area (TPSA) is 43.4 Å². The third kappa shape index (κ3) is 5.93. The minimum atomic E-state index is -0.674. The maximum Gasteiger partial charge on any atom is 0.339 e. The van der Waals surface area contributed by atoms with E-state index in [1.165, 1.54) is 0 Å². The first-order valence-electron chi connectivity index (χ1n) is 8.35. The molecule has 3 nitrogen and oxygen atoms in total. The molecule has 25 heavy (non-hydrogen) atoms. The first kappa shape index (κ1) is 18.5. The molecule has 0 fully saturated rings. The second-order valence-corrected chi connectivity index (χ2v) is 6.05. The number of carbonyl (C=O) groups is 2. The Kier molecular flexibility index (Phi) is 6.98. The molecule has 2 aromatic carbocycles. The normalized spacial score (nSPS) is 12.6. The summed E-state index contributed by atoms with van der Waals surface area (Å²) in [6, 6.07) is 18.6. The van der Waals surface area contributed by atoms with Gasteiger partial charge >= 0.3 is 5.97 Å². The zero-order chi connectivity index (χ0) is 18.1. The fourth-order valence-electron chi connectivity index (χ4n) is 2.69. The van der Waals surface area contributed by atoms with E-state index in [9.17, 15) is 9.59 Å². The van der Waals surface area contributed by atoms with Crippen molar-refractivity contribution in [3.63, 3.8) is 0 Å². The summed E-state index contributed by atoms with van der Waals surface area (Å²) in [7, 11) is 0. The number of esters is 1. The van der Waals surface area contributed by atoms with Gasteiger partial charge in [-0.05, 0) is 37.5 Å². The molecule has 2 aromatic rings. The Hall–Kier alpha value is -2.86. The first-order chi connectivity index (χ1) is 12.1. The van der Waals surface area contributed by atoms with E-state index in [1.54, 1.807) is 31.2 Å². The molecule has 0 amide bonds. The minimum absolute atomic E-state index is 0.100. The number of ketones is 1. The Bertz CT molecular complexity index is 729. The van der Waals surface area contributed by atoms with Gasteiger partial charge in [0.1, 0.15) is 5.78 Å². The minimum Gasteiger partial charge on any atom is -0.445 e. The van der Waals surface area contributed by atoms with Crippen LogP contribution in [-0.4, -0.2) is 17.9 Å². The molecule has 0 aliphatic rings. The summed E-state index contributed by atoms with van der Waals surface area (Å²) in [6.07, 6.45) is 6.63. The van der Waals surface area contributed by atoms with Gasteiger partial charge in [-0.15, -0.1) is 6.42 Å². The lowest BCUT2D eigenvalue weighted by molar-refractivity contribution is -0.117. The number of benzene rings is 2. The van der Waals surface area contributed by atoms with Gasteiger partial charge in [-0.3, -0.25) is 0 Å². The highest BCUT2D eigenvalue weighted by Gasteiger charge is 2.24. The zero-order valence-electron chi connectivity index (χ0n) is 14.4. The molecular formula is C22H22O3. The fourth-order valence-corrected chi connectivity index (χ4v) is 2.69. The molecule has 3 heteroatoms. The monoisotopic (exact) mass is 334 g/mol. The van der Waals surface area contributed by atoms with E-state index in [4.69, 9.17) is 11.2 Å². The largest absolute Gasteiger partial charge is 0.445 e. The van der Waals surface area contributed by atoms with E-state index >= 15 is 0 Å². The van der Waals surface area contributed by atoms with Crippen molar-refractivity contribution in [2.75, 3.05) is 0 Å². The second kappa shape index (κ2) is 9.44. The molecule has 128 valence electrons. The average Bonchev–Trinajstić information content (AvgIpc) is 2.64. The van der Waals surface area contributed by atoms with Crippen molar-refractivity contribution in [3.05, 3.63) is 71.8 Å². The predicted molar refractivity (Wildman–Crippen MR) is 98.0 cm³/mol. The van der Waals surface area contributed by atoms with Gasteiger partial charge in [0.05, 0.1) is 5.56 Å². The Morgan fingerprint density at radius 1 is 1.04 bits per heavy atom. The molecule has 0 spiro atoms. The molecule has 2 rings (SSSR count). The van der Waals surface area contributed by atoms with Crippen LogP contribution in [0, 0.1) is 18.3 Å². The van der Waals surface area contributed by atoms with Crippen LogP contribution in [0.25, 0.3) is 0 Å². The molecule has 0 aliphatic carbocycles. The van der Waals surface area contributed by atoms with Crippen LogP contribution in [0.2, 0.25) is 0 Å². The van der Waals surface area contributed by atoms with E-state index in [0.717, 1.165) is 5.56 Å². The summed E-state index contributed by atoms with van der Waals surface area (Å²) in [5.74, 6) is 2.14. The van der Waals surface area contributed by atoms with Crippen LogP contribution in [-0.2, 0) is 16.0 Å². The number of carbonyl (C=O) groups excluding carboxylic acids is 2. The van der Waals surface area contributed by atoms with Gasteiger partial charge in [0.15, 0.2) is 6.10 Å². The smallest absolute Gasteiger partial charge is 0.339 e. The lowest BCUT2D eigenvalue weighted by Gasteiger charge is -2.23. The van der Waals surface area contributed by atoms with E-state index in [1.807, 2.05) is 36.4 Å². The third-order valence-corrected chi connectivity index (χ3v) is 4.04. The van der Waals surface area contributed by atoms with Crippen LogP contribution >= 0.6 is 0 Å². The van der Waals surface area contributed by atoms with Gasteiger partial charge in [0.2, 0.25) is 0 Å². The SMILES string of the molecule is C#CC(OC(=O)c1ccccc1)C(CCC(C)=O)Cc1ccccc1. The highest BCUT2D eigenvalue weighted by atomic mass is 16.5. The lowest BCUT2D eigenvalue weighted by Crippen LogP contribution is -2.28. The van der Waals surface area contributed by atoms with Crippen LogP contribution < -0.4 is 0 Å². The van der Waals surface area contributed by atoms with Gasteiger partial charge in [-0.25, -0.2) is 4.79 Å². The molecule has 2 atom stereocenters. The van der Waals surface area contributed by atoms with Gasteiger partial charge in [0.25, 0.3) is 0 Å². The number of Topliss-reactive ketones (excluding diaryl/α,β-unsaturated/α-hetero) is 1. The lowest BCUT2D eigenvalue weighted by atomic mass is 9.89. The highest BCUT2D eigenvalue weighted by molar-refractivity contribution is 5.89. The second-order valence-electron chi connectivity index (χ2n) is 6.05. The van der Waals surface area contributed by atoms with Gasteiger partial charge in [0, 0.05) is 12.3 Å². The Balaban J connectivity index is 2.13. The van der Waals surface area contributed by atoms with Crippen molar-refractivity contribution < 1.29 is 14.3 Å². The first-order valence-corrected chi connectivity index (χ1v) is 8.35. The van der Waals surface area contributed by atoms with Crippen molar-refractivity contribution in [3.8, 4) is 12.3 Å². The number of ether oxygens (including phenoxy) is 1. The van der Waals surface area contributed by atoms with Gasteiger partial charge in [-0.2, -0.15) is 0 Å². The number of rotatable bonds is 8. The molecule has 0 aliphatic heterocycles. The molecule has 0 radical (unpaired) electrons. The number of hydrogen-bond donors (Lipinski definition) is 0. The Morgan fingerprint density at radius 3 is 2.20 bits per heavy atom. The third-order valence-electron chi connectivity index (χ3n) is 4.04. The van der Waals surface area contributed by atoms with Gasteiger partial charge < -0.3 is 9.53 Å². The maximum absolute atomic E-state index is 12.3. The fraction of sp³-hybridized carbons (Fsp3) is 0.273. The average molecular weight is 334 g/mol. The van der Waals surface area contributed by atoms with Crippen LogP contribution in [0.5, 0.6) is 0 Å². The Labute approximate surface area is 149 Å². The summed E-state index contributed by atoms with van der Waals surface area (Å²) in [5.41, 5.74) is 1.57. The predicted octanol–water partition coefficient (Wildman–Crippen LogP) is 4.07. The van der Waals surface area contributed by atoms with Crippen molar-refractivity contribution in [1.82, 2.24) is 0 Å². The van der Waals surface area contributed by atoms with Crippen molar-refractivity contribution in [2.45, 2.75) is 32.3 Å². The number of terminal acetylenes is 1. The summed E-state index contributed by atoms with van der Waals surface area (Å²) in [6.45, 7) is 1.56. The van der Waals surface area contributed by atoms with Crippen molar-refractivity contribution in [1.29, 1.82) is 0 Å². The highest BCUT2D eigenvalue weighted by Crippen LogP contribution is 2.21. The summed E-state index contributed by atoms with van der Waals surface area (Å²) >= 11 is 0. The molecule has 0 bridgehead atoms. The van der Waals surface area contributed by atoms with Crippen LogP contribution in [0.1, 0.15) is 35.7 Å². The molecule has 2 unspecified atom stereocenters. The summed E-state index contributed by atoms with van der Waals surface area (Å²) in [4.78, 5) is 23.7. The molecule has 0 aromatic heterocycles. The van der Waals surface area contributed by atoms with Crippen LogP contribution in [0.15, 0.2) is 60.7 Å². The molecular weight excluding hydrogens is 312 g/mol. The van der Waals surface area contributed by atoms with Crippen molar-refractivity contribution in [2.24, 2.45) is 5.92 Å². The maximum atomic E-state index is 12.3. The van der Waals surface area contributed by atoms with Crippen LogP contribution in [0.4, 0.5) is 0 Å². The summed E-state index contributed by atoms with van der Waals surface area (Å²) < 4.78 is 5.57. The zero-order valence-corrected chi connectivity index (χ0v) is 14.4. The van der Waals surface area contributed by atoms with Crippen molar-refractivity contribution >= 4 is 11.8 Å². The van der Waals surface area contributed by atoms with E-state index in [2.05, 4.69) is 5.92 Å².